The molecular formula is C18H26N4O. The number of aromatic nitrogens is 2. The van der Waals surface area contributed by atoms with E-state index in [1.807, 2.05) is 30.2 Å². The molecule has 23 heavy (non-hydrogen) atoms. The third-order valence-corrected chi connectivity index (χ3v) is 4.62. The Bertz CT molecular complexity index is 612. The lowest BCUT2D eigenvalue weighted by Crippen LogP contribution is -2.38. The van der Waals surface area contributed by atoms with Gasteiger partial charge in [-0.15, -0.1) is 0 Å². The molecule has 3 rings (SSSR count). The van der Waals surface area contributed by atoms with Crippen LogP contribution in [-0.4, -0.2) is 45.0 Å². The van der Waals surface area contributed by atoms with Crippen molar-refractivity contribution in [2.45, 2.75) is 38.1 Å². The molecule has 3 atom stereocenters. The molecule has 0 spiro atoms. The third kappa shape index (κ3) is 4.19. The monoisotopic (exact) mass is 314 g/mol. The fourth-order valence-corrected chi connectivity index (χ4v) is 3.28. The van der Waals surface area contributed by atoms with Crippen molar-refractivity contribution in [2.75, 3.05) is 13.1 Å². The third-order valence-electron chi connectivity index (χ3n) is 4.62. The molecular weight excluding hydrogens is 288 g/mol. The summed E-state index contributed by atoms with van der Waals surface area (Å²) in [6, 6.07) is 11.1. The van der Waals surface area contributed by atoms with E-state index in [0.29, 0.717) is 6.04 Å². The zero-order chi connectivity index (χ0) is 16.2. The van der Waals surface area contributed by atoms with Crippen LogP contribution in [0.15, 0.2) is 42.7 Å². The van der Waals surface area contributed by atoms with Crippen LogP contribution >= 0.6 is 0 Å². The van der Waals surface area contributed by atoms with Gasteiger partial charge in [-0.25, -0.2) is 0 Å². The number of likely N-dealkylation sites (tertiary alicyclic amines) is 1. The maximum Gasteiger partial charge on any atom is 0.0682 e. The molecule has 0 saturated carbocycles. The Morgan fingerprint density at radius 1 is 1.35 bits per heavy atom. The summed E-state index contributed by atoms with van der Waals surface area (Å²) in [5.74, 6) is 0. The minimum atomic E-state index is -0.223. The highest BCUT2D eigenvalue weighted by atomic mass is 16.3. The summed E-state index contributed by atoms with van der Waals surface area (Å²) in [6.07, 6.45) is 4.56. The molecule has 1 saturated heterocycles. The Morgan fingerprint density at radius 2 is 2.13 bits per heavy atom. The summed E-state index contributed by atoms with van der Waals surface area (Å²) in [4.78, 5) is 2.38. The van der Waals surface area contributed by atoms with Gasteiger partial charge < -0.3 is 10.4 Å². The summed E-state index contributed by atoms with van der Waals surface area (Å²) >= 11 is 0. The van der Waals surface area contributed by atoms with Crippen molar-refractivity contribution in [2.24, 2.45) is 7.05 Å². The standard InChI is InChI=1S/C18H26N4O/c1-14(16-9-20-21(2)12-16)19-10-17-8-18(23)13-22(17)11-15-6-4-3-5-7-15/h3-7,9,12,14,17-19,23H,8,10-11,13H2,1-2H3/t14-,17-,18-/m0/s1. The van der Waals surface area contributed by atoms with Gasteiger partial charge in [0.25, 0.3) is 0 Å². The summed E-state index contributed by atoms with van der Waals surface area (Å²) < 4.78 is 1.83. The predicted molar refractivity (Wildman–Crippen MR) is 90.9 cm³/mol. The van der Waals surface area contributed by atoms with E-state index in [1.165, 1.54) is 11.1 Å². The number of aliphatic hydroxyl groups excluding tert-OH is 1. The van der Waals surface area contributed by atoms with Crippen molar-refractivity contribution in [3.8, 4) is 0 Å². The van der Waals surface area contributed by atoms with Crippen LogP contribution in [0.3, 0.4) is 0 Å². The van der Waals surface area contributed by atoms with Crippen LogP contribution < -0.4 is 5.32 Å². The zero-order valence-electron chi connectivity index (χ0n) is 13.9. The highest BCUT2D eigenvalue weighted by Crippen LogP contribution is 2.21. The van der Waals surface area contributed by atoms with Crippen molar-refractivity contribution in [3.05, 3.63) is 53.9 Å². The van der Waals surface area contributed by atoms with E-state index in [-0.39, 0.29) is 12.1 Å². The lowest BCUT2D eigenvalue weighted by molar-refractivity contribution is 0.172. The zero-order valence-corrected chi connectivity index (χ0v) is 13.9. The molecule has 0 amide bonds. The molecule has 1 fully saturated rings. The largest absolute Gasteiger partial charge is 0.392 e. The second-order valence-electron chi connectivity index (χ2n) is 6.54. The normalized spacial score (nSPS) is 23.3. The SMILES string of the molecule is C[C@H](NC[C@@H]1C[C@H](O)CN1Cc1ccccc1)c1cnn(C)c1. The summed E-state index contributed by atoms with van der Waals surface area (Å²) in [5.41, 5.74) is 2.49. The maximum absolute atomic E-state index is 10.1. The number of aliphatic hydroxyl groups is 1. The lowest BCUT2D eigenvalue weighted by Gasteiger charge is -2.26. The van der Waals surface area contributed by atoms with Crippen LogP contribution in [0, 0.1) is 0 Å². The molecule has 0 bridgehead atoms. The Labute approximate surface area is 137 Å². The van der Waals surface area contributed by atoms with E-state index in [0.717, 1.165) is 26.1 Å². The fourth-order valence-electron chi connectivity index (χ4n) is 3.28. The van der Waals surface area contributed by atoms with E-state index in [2.05, 4.69) is 46.5 Å². The lowest BCUT2D eigenvalue weighted by atomic mass is 10.1. The van der Waals surface area contributed by atoms with Crippen LogP contribution in [-0.2, 0) is 13.6 Å². The smallest absolute Gasteiger partial charge is 0.0682 e. The van der Waals surface area contributed by atoms with E-state index < -0.39 is 0 Å². The van der Waals surface area contributed by atoms with Crippen molar-refractivity contribution in [1.82, 2.24) is 20.0 Å². The molecule has 2 N–H and O–H groups in total. The predicted octanol–water partition coefficient (Wildman–Crippen LogP) is 1.71. The molecule has 2 aromatic rings. The molecule has 5 nitrogen and oxygen atoms in total. The second kappa shape index (κ2) is 7.25. The number of benzene rings is 1. The quantitative estimate of drug-likeness (QED) is 0.852. The van der Waals surface area contributed by atoms with Gasteiger partial charge in [0.15, 0.2) is 0 Å². The van der Waals surface area contributed by atoms with E-state index in [1.54, 1.807) is 0 Å². The number of β-amino-alcohol motifs (C(OH)–C–C–N with tert-alkyl or cyclic N) is 1. The van der Waals surface area contributed by atoms with E-state index in [4.69, 9.17) is 0 Å². The topological polar surface area (TPSA) is 53.3 Å². The molecule has 1 aromatic carbocycles. The highest BCUT2D eigenvalue weighted by Gasteiger charge is 2.30. The van der Waals surface area contributed by atoms with Gasteiger partial charge in [-0.2, -0.15) is 5.10 Å². The van der Waals surface area contributed by atoms with E-state index >= 15 is 0 Å². The van der Waals surface area contributed by atoms with Gasteiger partial charge in [0.2, 0.25) is 0 Å². The van der Waals surface area contributed by atoms with Crippen molar-refractivity contribution in [3.63, 3.8) is 0 Å². The molecule has 0 aliphatic carbocycles. The highest BCUT2D eigenvalue weighted by molar-refractivity contribution is 5.15. The number of hydrogen-bond donors (Lipinski definition) is 2. The first kappa shape index (κ1) is 16.2. The number of aryl methyl sites for hydroxylation is 1. The molecule has 0 radical (unpaired) electrons. The van der Waals surface area contributed by atoms with Gasteiger partial charge in [0, 0.05) is 50.5 Å². The first-order valence-electron chi connectivity index (χ1n) is 8.30. The van der Waals surface area contributed by atoms with Crippen LogP contribution in [0.2, 0.25) is 0 Å². The average molecular weight is 314 g/mol. The average Bonchev–Trinajstić information content (AvgIpc) is 3.12. The molecule has 0 unspecified atom stereocenters. The maximum atomic E-state index is 10.1. The van der Waals surface area contributed by atoms with E-state index in [9.17, 15) is 5.11 Å². The van der Waals surface area contributed by atoms with Crippen LogP contribution in [0.4, 0.5) is 0 Å². The Kier molecular flexibility index (Phi) is 5.10. The van der Waals surface area contributed by atoms with Gasteiger partial charge >= 0.3 is 0 Å². The number of hydrogen-bond acceptors (Lipinski definition) is 4. The number of rotatable bonds is 6. The van der Waals surface area contributed by atoms with Gasteiger partial charge in [-0.3, -0.25) is 9.58 Å². The van der Waals surface area contributed by atoms with Crippen LogP contribution in [0.25, 0.3) is 0 Å². The molecule has 2 heterocycles. The molecule has 1 aliphatic heterocycles. The molecule has 124 valence electrons. The Balaban J connectivity index is 1.57. The van der Waals surface area contributed by atoms with Gasteiger partial charge in [0.1, 0.15) is 0 Å². The summed E-state index contributed by atoms with van der Waals surface area (Å²) in [6.45, 7) is 4.68. The fraction of sp³-hybridized carbons (Fsp3) is 0.500. The number of nitrogens with one attached hydrogen (secondary N) is 1. The van der Waals surface area contributed by atoms with Crippen molar-refractivity contribution in [1.29, 1.82) is 0 Å². The number of nitrogens with zero attached hydrogens (tertiary/aromatic N) is 3. The minimum Gasteiger partial charge on any atom is -0.392 e. The molecule has 5 heteroatoms. The molecule has 1 aromatic heterocycles. The second-order valence-corrected chi connectivity index (χ2v) is 6.54. The molecule has 1 aliphatic rings. The Hall–Kier alpha value is -1.69. The van der Waals surface area contributed by atoms with Gasteiger partial charge in [-0.05, 0) is 18.9 Å². The van der Waals surface area contributed by atoms with Crippen molar-refractivity contribution < 1.29 is 5.11 Å². The first-order chi connectivity index (χ1) is 11.1. The van der Waals surface area contributed by atoms with Crippen LogP contribution in [0.1, 0.15) is 30.5 Å². The first-order valence-corrected chi connectivity index (χ1v) is 8.30. The minimum absolute atomic E-state index is 0.223. The van der Waals surface area contributed by atoms with Gasteiger partial charge in [0.05, 0.1) is 12.3 Å². The van der Waals surface area contributed by atoms with Crippen LogP contribution in [0.5, 0.6) is 0 Å². The van der Waals surface area contributed by atoms with Crippen molar-refractivity contribution >= 4 is 0 Å². The summed E-state index contributed by atoms with van der Waals surface area (Å²) in [5, 5.41) is 17.9. The summed E-state index contributed by atoms with van der Waals surface area (Å²) in [7, 11) is 1.94. The van der Waals surface area contributed by atoms with Gasteiger partial charge in [-0.1, -0.05) is 30.3 Å². The Morgan fingerprint density at radius 3 is 2.83 bits per heavy atom.